The predicted octanol–water partition coefficient (Wildman–Crippen LogP) is 1.92. The lowest BCUT2D eigenvalue weighted by atomic mass is 9.79. The maximum atomic E-state index is 12.8. The summed E-state index contributed by atoms with van der Waals surface area (Å²) in [4.78, 5) is 4.04. The van der Waals surface area contributed by atoms with Crippen LogP contribution in [0.25, 0.3) is 0 Å². The van der Waals surface area contributed by atoms with Crippen molar-refractivity contribution in [3.8, 4) is 0 Å². The van der Waals surface area contributed by atoms with Crippen LogP contribution in [0.1, 0.15) is 44.1 Å². The van der Waals surface area contributed by atoms with Crippen molar-refractivity contribution in [2.24, 2.45) is 5.92 Å². The van der Waals surface area contributed by atoms with Gasteiger partial charge in [-0.25, -0.2) is 13.4 Å². The van der Waals surface area contributed by atoms with Gasteiger partial charge in [-0.1, -0.05) is 18.9 Å². The molecule has 1 aromatic rings. The number of aliphatic hydroxyl groups excluding tert-OH is 1. The minimum atomic E-state index is -3.52. The van der Waals surface area contributed by atoms with Crippen LogP contribution in [0.5, 0.6) is 0 Å². The van der Waals surface area contributed by atoms with Crippen molar-refractivity contribution >= 4 is 10.0 Å². The number of aromatic nitrogens is 1. The molecule has 0 spiro atoms. The maximum Gasteiger partial charge on any atom is 0.260 e. The van der Waals surface area contributed by atoms with Crippen LogP contribution in [0, 0.1) is 5.92 Å². The van der Waals surface area contributed by atoms with Gasteiger partial charge in [0.25, 0.3) is 10.0 Å². The minimum Gasteiger partial charge on any atom is -0.392 e. The van der Waals surface area contributed by atoms with E-state index in [1.165, 1.54) is 18.7 Å². The Bertz CT molecular complexity index is 583. The van der Waals surface area contributed by atoms with Gasteiger partial charge in [0.15, 0.2) is 5.03 Å². The van der Waals surface area contributed by atoms with Gasteiger partial charge in [0.05, 0.1) is 6.61 Å². The molecule has 1 aromatic heterocycles. The molecule has 1 N–H and O–H groups in total. The summed E-state index contributed by atoms with van der Waals surface area (Å²) in [6, 6.07) is 3.28. The van der Waals surface area contributed by atoms with Crippen molar-refractivity contribution in [3.63, 3.8) is 0 Å². The molecule has 2 heterocycles. The fourth-order valence-electron chi connectivity index (χ4n) is 3.65. The lowest BCUT2D eigenvalue weighted by molar-refractivity contribution is 0.129. The van der Waals surface area contributed by atoms with E-state index in [-0.39, 0.29) is 17.7 Å². The van der Waals surface area contributed by atoms with Crippen molar-refractivity contribution in [1.82, 2.24) is 9.29 Å². The maximum absolute atomic E-state index is 12.8. The molecule has 5 nitrogen and oxygen atoms in total. The van der Waals surface area contributed by atoms with Gasteiger partial charge < -0.3 is 5.11 Å². The standard InChI is InChI=1S/C15H22N2O3S/c18-11-12-7-8-15(16-10-12)21(19,20)17-9-3-5-13-4-1-2-6-14(13)17/h7-8,10,13-14,18H,1-6,9,11H2. The lowest BCUT2D eigenvalue weighted by Crippen LogP contribution is -2.49. The zero-order valence-corrected chi connectivity index (χ0v) is 12.9. The zero-order valence-electron chi connectivity index (χ0n) is 12.1. The monoisotopic (exact) mass is 310 g/mol. The fourth-order valence-corrected chi connectivity index (χ4v) is 5.32. The van der Waals surface area contributed by atoms with E-state index in [0.29, 0.717) is 18.0 Å². The Morgan fingerprint density at radius 2 is 1.95 bits per heavy atom. The molecule has 0 bridgehead atoms. The number of hydrogen-bond donors (Lipinski definition) is 1. The number of pyridine rings is 1. The first-order chi connectivity index (χ1) is 10.1. The van der Waals surface area contributed by atoms with Gasteiger partial charge in [0.1, 0.15) is 0 Å². The molecule has 1 aliphatic carbocycles. The number of piperidine rings is 1. The summed E-state index contributed by atoms with van der Waals surface area (Å²) in [5, 5.41) is 9.14. The van der Waals surface area contributed by atoms with E-state index >= 15 is 0 Å². The molecule has 6 heteroatoms. The van der Waals surface area contributed by atoms with Gasteiger partial charge in [-0.15, -0.1) is 0 Å². The summed E-state index contributed by atoms with van der Waals surface area (Å²) in [5.74, 6) is 0.513. The van der Waals surface area contributed by atoms with Crippen LogP contribution in [-0.4, -0.2) is 35.4 Å². The Balaban J connectivity index is 1.88. The quantitative estimate of drug-likeness (QED) is 0.926. The average molecular weight is 310 g/mol. The second kappa shape index (κ2) is 6.02. The summed E-state index contributed by atoms with van der Waals surface area (Å²) in [7, 11) is -3.52. The first-order valence-corrected chi connectivity index (χ1v) is 9.14. The van der Waals surface area contributed by atoms with Gasteiger partial charge in [0, 0.05) is 18.8 Å². The second-order valence-electron chi connectivity index (χ2n) is 6.03. The molecule has 2 aliphatic rings. The van der Waals surface area contributed by atoms with E-state index in [1.54, 1.807) is 10.4 Å². The van der Waals surface area contributed by atoms with Gasteiger partial charge in [-0.3, -0.25) is 0 Å². The third-order valence-electron chi connectivity index (χ3n) is 4.75. The Morgan fingerprint density at radius 1 is 1.19 bits per heavy atom. The molecule has 1 aliphatic heterocycles. The van der Waals surface area contributed by atoms with Crippen LogP contribution < -0.4 is 0 Å². The molecule has 2 unspecified atom stereocenters. The molecule has 1 saturated carbocycles. The van der Waals surface area contributed by atoms with E-state index in [1.807, 2.05) is 0 Å². The van der Waals surface area contributed by atoms with Crippen LogP contribution in [0.15, 0.2) is 23.4 Å². The van der Waals surface area contributed by atoms with Crippen molar-refractivity contribution in [3.05, 3.63) is 23.9 Å². The number of hydrogen-bond acceptors (Lipinski definition) is 4. The highest BCUT2D eigenvalue weighted by Crippen LogP contribution is 2.37. The predicted molar refractivity (Wildman–Crippen MR) is 79.0 cm³/mol. The summed E-state index contributed by atoms with van der Waals surface area (Å²) in [6.45, 7) is 0.481. The molecular formula is C15H22N2O3S. The highest BCUT2D eigenvalue weighted by Gasteiger charge is 2.40. The number of aliphatic hydroxyl groups is 1. The average Bonchev–Trinajstić information content (AvgIpc) is 2.54. The van der Waals surface area contributed by atoms with Gasteiger partial charge >= 0.3 is 0 Å². The summed E-state index contributed by atoms with van der Waals surface area (Å²) in [5.41, 5.74) is 0.628. The molecule has 2 fully saturated rings. The summed E-state index contributed by atoms with van der Waals surface area (Å²) < 4.78 is 27.4. The Morgan fingerprint density at radius 3 is 2.67 bits per heavy atom. The topological polar surface area (TPSA) is 70.5 Å². The number of fused-ring (bicyclic) bond motifs is 1. The van der Waals surface area contributed by atoms with Crippen LogP contribution in [0.3, 0.4) is 0 Å². The Labute approximate surface area is 126 Å². The van der Waals surface area contributed by atoms with Crippen molar-refractivity contribution in [2.45, 2.75) is 56.2 Å². The van der Waals surface area contributed by atoms with Crippen LogP contribution in [0.4, 0.5) is 0 Å². The highest BCUT2D eigenvalue weighted by atomic mass is 32.2. The normalized spacial score (nSPS) is 27.3. The first kappa shape index (κ1) is 14.9. The van der Waals surface area contributed by atoms with Gasteiger partial charge in [0.2, 0.25) is 0 Å². The van der Waals surface area contributed by atoms with Crippen molar-refractivity contribution < 1.29 is 13.5 Å². The molecule has 21 heavy (non-hydrogen) atoms. The highest BCUT2D eigenvalue weighted by molar-refractivity contribution is 7.89. The third-order valence-corrected chi connectivity index (χ3v) is 6.59. The molecule has 0 amide bonds. The second-order valence-corrected chi connectivity index (χ2v) is 7.87. The summed E-state index contributed by atoms with van der Waals surface area (Å²) >= 11 is 0. The largest absolute Gasteiger partial charge is 0.392 e. The molecular weight excluding hydrogens is 288 g/mol. The SMILES string of the molecule is O=S(=O)(c1ccc(CO)cn1)N1CCCC2CCCCC21. The van der Waals surface area contributed by atoms with Crippen LogP contribution in [0.2, 0.25) is 0 Å². The Hall–Kier alpha value is -0.980. The molecule has 0 radical (unpaired) electrons. The molecule has 2 atom stereocenters. The Kier molecular flexibility index (Phi) is 4.28. The number of sulfonamides is 1. The fraction of sp³-hybridized carbons (Fsp3) is 0.667. The minimum absolute atomic E-state index is 0.103. The molecule has 3 rings (SSSR count). The zero-order chi connectivity index (χ0) is 14.9. The molecule has 116 valence electrons. The van der Waals surface area contributed by atoms with Gasteiger partial charge in [-0.2, -0.15) is 4.31 Å². The van der Waals surface area contributed by atoms with Crippen molar-refractivity contribution in [1.29, 1.82) is 0 Å². The van der Waals surface area contributed by atoms with Crippen molar-refractivity contribution in [2.75, 3.05) is 6.54 Å². The van der Waals surface area contributed by atoms with E-state index in [9.17, 15) is 8.42 Å². The number of rotatable bonds is 3. The van der Waals surface area contributed by atoms with E-state index in [4.69, 9.17) is 5.11 Å². The van der Waals surface area contributed by atoms with Crippen LogP contribution in [-0.2, 0) is 16.6 Å². The third kappa shape index (κ3) is 2.84. The molecule has 0 aromatic carbocycles. The summed E-state index contributed by atoms with van der Waals surface area (Å²) in [6.07, 6.45) is 7.98. The number of nitrogens with zero attached hydrogens (tertiary/aromatic N) is 2. The van der Waals surface area contributed by atoms with Crippen LogP contribution >= 0.6 is 0 Å². The van der Waals surface area contributed by atoms with E-state index in [2.05, 4.69) is 4.98 Å². The first-order valence-electron chi connectivity index (χ1n) is 7.70. The van der Waals surface area contributed by atoms with E-state index in [0.717, 1.165) is 32.1 Å². The molecule has 1 saturated heterocycles. The van der Waals surface area contributed by atoms with Gasteiger partial charge in [-0.05, 0) is 43.2 Å². The smallest absolute Gasteiger partial charge is 0.260 e. The lowest BCUT2D eigenvalue weighted by Gasteiger charge is -2.42. The van der Waals surface area contributed by atoms with E-state index < -0.39 is 10.0 Å².